The van der Waals surface area contributed by atoms with Crippen LogP contribution in [0.4, 0.5) is 4.79 Å². The van der Waals surface area contributed by atoms with Crippen LogP contribution in [0.1, 0.15) is 36.0 Å². The molecule has 5 nitrogen and oxygen atoms in total. The molecule has 122 valence electrons. The largest absolute Gasteiger partial charge is 0.347 e. The van der Waals surface area contributed by atoms with Gasteiger partial charge in [-0.3, -0.25) is 19.3 Å². The fraction of sp³-hybridized carbons (Fsp3) is 0.438. The van der Waals surface area contributed by atoms with Gasteiger partial charge in [-0.15, -0.1) is 0 Å². The molecule has 1 aliphatic heterocycles. The summed E-state index contributed by atoms with van der Waals surface area (Å²) in [6.45, 7) is 0. The van der Waals surface area contributed by atoms with Crippen LogP contribution >= 0.6 is 34.4 Å². The van der Waals surface area contributed by atoms with Gasteiger partial charge in [0.05, 0.1) is 23.4 Å². The molecule has 3 amide bonds. The summed E-state index contributed by atoms with van der Waals surface area (Å²) in [5, 5.41) is 2.86. The van der Waals surface area contributed by atoms with Crippen LogP contribution in [0, 0.1) is 3.57 Å². The van der Waals surface area contributed by atoms with Gasteiger partial charge in [0.1, 0.15) is 0 Å². The highest BCUT2D eigenvalue weighted by Gasteiger charge is 2.41. The number of carbonyl (C=O) groups excluding carboxylic acids is 3. The van der Waals surface area contributed by atoms with Gasteiger partial charge in [-0.2, -0.15) is 0 Å². The second-order valence-electron chi connectivity index (χ2n) is 5.73. The summed E-state index contributed by atoms with van der Waals surface area (Å²) in [5.74, 6) is -0.0638. The van der Waals surface area contributed by atoms with Gasteiger partial charge in [0.15, 0.2) is 0 Å². The molecule has 0 aromatic heterocycles. The third-order valence-electron chi connectivity index (χ3n) is 4.28. The number of amides is 3. The molecule has 3 rings (SSSR count). The highest BCUT2D eigenvalue weighted by molar-refractivity contribution is 14.1. The van der Waals surface area contributed by atoms with Crippen molar-refractivity contribution in [2.75, 3.05) is 5.75 Å². The summed E-state index contributed by atoms with van der Waals surface area (Å²) in [6.07, 6.45) is 3.52. The van der Waals surface area contributed by atoms with Crippen molar-refractivity contribution in [3.05, 3.63) is 33.4 Å². The Kier molecular flexibility index (Phi) is 5.25. The lowest BCUT2D eigenvalue weighted by Crippen LogP contribution is -2.54. The molecule has 1 heterocycles. The van der Waals surface area contributed by atoms with Gasteiger partial charge in [0.2, 0.25) is 5.91 Å². The van der Waals surface area contributed by atoms with E-state index in [2.05, 4.69) is 27.9 Å². The first-order chi connectivity index (χ1) is 11.1. The maximum atomic E-state index is 12.5. The third kappa shape index (κ3) is 3.55. The summed E-state index contributed by atoms with van der Waals surface area (Å²) in [6, 6.07) is 7.01. The molecule has 0 bridgehead atoms. The average Bonchev–Trinajstić information content (AvgIpc) is 2.87. The van der Waals surface area contributed by atoms with E-state index in [1.165, 1.54) is 4.90 Å². The Balaban J connectivity index is 1.77. The number of rotatable bonds is 3. The van der Waals surface area contributed by atoms with E-state index in [4.69, 9.17) is 0 Å². The standard InChI is InChI=1S/C16H17IN2O3S/c17-11-6-2-1-5-10(11)15(21)18-12-7-3-4-8-13(12)19-14(20)9-23-16(19)22/h1-2,5-6,12-13H,3-4,7-9H2,(H,18,21). The average molecular weight is 444 g/mol. The molecule has 1 aromatic rings. The summed E-state index contributed by atoms with van der Waals surface area (Å²) in [7, 11) is 0. The molecule has 0 radical (unpaired) electrons. The molecule has 1 aliphatic carbocycles. The number of imide groups is 1. The van der Waals surface area contributed by atoms with E-state index in [0.717, 1.165) is 41.0 Å². The zero-order valence-electron chi connectivity index (χ0n) is 12.5. The second-order valence-corrected chi connectivity index (χ2v) is 7.82. The SMILES string of the molecule is O=C(NC1CCCCC1N1C(=O)CSC1=O)c1ccccc1I. The number of nitrogens with one attached hydrogen (secondary N) is 1. The zero-order valence-corrected chi connectivity index (χ0v) is 15.4. The van der Waals surface area contributed by atoms with Crippen molar-refractivity contribution in [2.45, 2.75) is 37.8 Å². The van der Waals surface area contributed by atoms with Crippen LogP contribution in [-0.2, 0) is 4.79 Å². The summed E-state index contributed by atoms with van der Waals surface area (Å²) < 4.78 is 0.888. The molecule has 0 spiro atoms. The van der Waals surface area contributed by atoms with Crippen LogP contribution in [-0.4, -0.2) is 39.8 Å². The van der Waals surface area contributed by atoms with Gasteiger partial charge in [0, 0.05) is 3.57 Å². The topological polar surface area (TPSA) is 66.5 Å². The van der Waals surface area contributed by atoms with Gasteiger partial charge < -0.3 is 5.32 Å². The molecule has 1 saturated heterocycles. The molecule has 2 fully saturated rings. The van der Waals surface area contributed by atoms with Crippen molar-refractivity contribution in [1.82, 2.24) is 10.2 Å². The van der Waals surface area contributed by atoms with Gasteiger partial charge >= 0.3 is 0 Å². The monoisotopic (exact) mass is 444 g/mol. The minimum Gasteiger partial charge on any atom is -0.347 e. The smallest absolute Gasteiger partial charge is 0.289 e. The zero-order chi connectivity index (χ0) is 16.4. The Morgan fingerprint density at radius 2 is 1.96 bits per heavy atom. The number of hydrogen-bond donors (Lipinski definition) is 1. The summed E-state index contributed by atoms with van der Waals surface area (Å²) in [4.78, 5) is 37.9. The molecule has 23 heavy (non-hydrogen) atoms. The molecular formula is C16H17IN2O3S. The maximum absolute atomic E-state index is 12.5. The van der Waals surface area contributed by atoms with Gasteiger partial charge in [0.25, 0.3) is 11.1 Å². The van der Waals surface area contributed by atoms with Gasteiger partial charge in [-0.1, -0.05) is 36.7 Å². The van der Waals surface area contributed by atoms with Crippen molar-refractivity contribution in [3.8, 4) is 0 Å². The van der Waals surface area contributed by atoms with E-state index in [0.29, 0.717) is 5.56 Å². The van der Waals surface area contributed by atoms with E-state index in [1.807, 2.05) is 18.2 Å². The lowest BCUT2D eigenvalue weighted by atomic mass is 9.89. The molecule has 7 heteroatoms. The van der Waals surface area contributed by atoms with E-state index >= 15 is 0 Å². The lowest BCUT2D eigenvalue weighted by Gasteiger charge is -2.36. The van der Waals surface area contributed by atoms with E-state index in [9.17, 15) is 14.4 Å². The van der Waals surface area contributed by atoms with Crippen molar-refractivity contribution < 1.29 is 14.4 Å². The molecule has 1 N–H and O–H groups in total. The van der Waals surface area contributed by atoms with Crippen molar-refractivity contribution in [3.63, 3.8) is 0 Å². The van der Waals surface area contributed by atoms with Crippen LogP contribution in [0.25, 0.3) is 0 Å². The maximum Gasteiger partial charge on any atom is 0.289 e. The predicted octanol–water partition coefficient (Wildman–Crippen LogP) is 3.03. The summed E-state index contributed by atoms with van der Waals surface area (Å²) >= 11 is 3.19. The minimum absolute atomic E-state index is 0.138. The van der Waals surface area contributed by atoms with E-state index in [-0.39, 0.29) is 34.9 Å². The van der Waals surface area contributed by atoms with Gasteiger partial charge in [-0.05, 0) is 47.6 Å². The van der Waals surface area contributed by atoms with Crippen molar-refractivity contribution in [2.24, 2.45) is 0 Å². The number of hydrogen-bond acceptors (Lipinski definition) is 4. The molecule has 1 saturated carbocycles. The number of thioether (sulfide) groups is 1. The van der Waals surface area contributed by atoms with Crippen molar-refractivity contribution >= 4 is 51.4 Å². The molecule has 2 unspecified atom stereocenters. The quantitative estimate of drug-likeness (QED) is 0.729. The first kappa shape index (κ1) is 16.8. The Labute approximate surface area is 152 Å². The highest BCUT2D eigenvalue weighted by atomic mass is 127. The van der Waals surface area contributed by atoms with Crippen LogP contribution in [0.2, 0.25) is 0 Å². The van der Waals surface area contributed by atoms with E-state index < -0.39 is 0 Å². The normalized spacial score (nSPS) is 24.8. The lowest BCUT2D eigenvalue weighted by molar-refractivity contribution is -0.127. The van der Waals surface area contributed by atoms with Crippen molar-refractivity contribution in [1.29, 1.82) is 0 Å². The second kappa shape index (κ2) is 7.21. The summed E-state index contributed by atoms with van der Waals surface area (Å²) in [5.41, 5.74) is 0.630. The van der Waals surface area contributed by atoms with Crippen LogP contribution in [0.5, 0.6) is 0 Å². The molecule has 2 aliphatic rings. The first-order valence-electron chi connectivity index (χ1n) is 7.62. The first-order valence-corrected chi connectivity index (χ1v) is 9.68. The number of nitrogens with zero attached hydrogens (tertiary/aromatic N) is 1. The number of halogens is 1. The minimum atomic E-state index is -0.218. The molecular weight excluding hydrogens is 427 g/mol. The predicted molar refractivity (Wildman–Crippen MR) is 97.4 cm³/mol. The number of benzene rings is 1. The van der Waals surface area contributed by atoms with Crippen LogP contribution < -0.4 is 5.32 Å². The highest BCUT2D eigenvalue weighted by Crippen LogP contribution is 2.30. The molecule has 2 atom stereocenters. The fourth-order valence-electron chi connectivity index (χ4n) is 3.16. The van der Waals surface area contributed by atoms with Crippen LogP contribution in [0.3, 0.4) is 0 Å². The third-order valence-corrected chi connectivity index (χ3v) is 6.06. The van der Waals surface area contributed by atoms with E-state index in [1.54, 1.807) is 6.07 Å². The fourth-order valence-corrected chi connectivity index (χ4v) is 4.56. The number of carbonyl (C=O) groups is 3. The molecule has 1 aromatic carbocycles. The Morgan fingerprint density at radius 3 is 2.65 bits per heavy atom. The Bertz CT molecular complexity index is 636. The van der Waals surface area contributed by atoms with Gasteiger partial charge in [-0.25, -0.2) is 0 Å². The Morgan fingerprint density at radius 1 is 1.22 bits per heavy atom. The van der Waals surface area contributed by atoms with Crippen LogP contribution in [0.15, 0.2) is 24.3 Å². The Hall–Kier alpha value is -1.09.